The van der Waals surface area contributed by atoms with E-state index in [0.717, 1.165) is 27.0 Å². The average Bonchev–Trinajstić information content (AvgIpc) is 2.97. The van der Waals surface area contributed by atoms with Gasteiger partial charge in [0.25, 0.3) is 11.8 Å². The van der Waals surface area contributed by atoms with E-state index in [-0.39, 0.29) is 6.54 Å². The quantitative estimate of drug-likeness (QED) is 0.501. The van der Waals surface area contributed by atoms with E-state index >= 15 is 0 Å². The van der Waals surface area contributed by atoms with E-state index in [2.05, 4.69) is 0 Å². The fourth-order valence-corrected chi connectivity index (χ4v) is 3.11. The molecule has 0 aromatic heterocycles. The SMILES string of the molecule is COc1ccc2cc(CN(C)C(=O)COC(=O)CN3C(=O)CN(C)C3=O)ccc2c1. The number of likely N-dealkylation sites (N-methyl/N-ethyl adjacent to an activating group) is 2. The molecule has 0 saturated carbocycles. The zero-order valence-corrected chi connectivity index (χ0v) is 17.1. The summed E-state index contributed by atoms with van der Waals surface area (Å²) in [5.41, 5.74) is 0.922. The van der Waals surface area contributed by atoms with Crippen molar-refractivity contribution in [1.29, 1.82) is 0 Å². The largest absolute Gasteiger partial charge is 0.497 e. The molecule has 30 heavy (non-hydrogen) atoms. The molecule has 0 unspecified atom stereocenters. The highest BCUT2D eigenvalue weighted by Crippen LogP contribution is 2.22. The number of benzene rings is 2. The van der Waals surface area contributed by atoms with E-state index in [0.29, 0.717) is 6.54 Å². The van der Waals surface area contributed by atoms with Gasteiger partial charge in [-0.3, -0.25) is 19.3 Å². The predicted molar refractivity (Wildman–Crippen MR) is 108 cm³/mol. The van der Waals surface area contributed by atoms with Crippen molar-refractivity contribution in [2.75, 3.05) is 40.9 Å². The van der Waals surface area contributed by atoms with Crippen LogP contribution in [0.1, 0.15) is 5.56 Å². The molecule has 1 fully saturated rings. The van der Waals surface area contributed by atoms with Gasteiger partial charge in [-0.05, 0) is 34.5 Å². The van der Waals surface area contributed by atoms with Crippen LogP contribution in [0.25, 0.3) is 10.8 Å². The van der Waals surface area contributed by atoms with Crippen LogP contribution in [-0.4, -0.2) is 79.4 Å². The van der Waals surface area contributed by atoms with Crippen LogP contribution in [0, 0.1) is 0 Å². The molecule has 1 aliphatic heterocycles. The number of urea groups is 1. The number of esters is 1. The second-order valence-corrected chi connectivity index (χ2v) is 7.08. The average molecular weight is 413 g/mol. The minimum atomic E-state index is -0.812. The van der Waals surface area contributed by atoms with Crippen molar-refractivity contribution in [3.05, 3.63) is 42.0 Å². The Kier molecular flexibility index (Phi) is 6.20. The van der Waals surface area contributed by atoms with Gasteiger partial charge in [0, 0.05) is 20.6 Å². The lowest BCUT2D eigenvalue weighted by molar-refractivity contribution is -0.153. The fraction of sp³-hybridized carbons (Fsp3) is 0.333. The van der Waals surface area contributed by atoms with Gasteiger partial charge in [0.1, 0.15) is 18.8 Å². The van der Waals surface area contributed by atoms with Gasteiger partial charge in [0.15, 0.2) is 6.61 Å². The van der Waals surface area contributed by atoms with Gasteiger partial charge in [0.2, 0.25) is 0 Å². The van der Waals surface area contributed by atoms with E-state index < -0.39 is 37.0 Å². The van der Waals surface area contributed by atoms with Crippen LogP contribution in [0.3, 0.4) is 0 Å². The number of carbonyl (C=O) groups excluding carboxylic acids is 4. The number of hydrogen-bond acceptors (Lipinski definition) is 6. The first-order chi connectivity index (χ1) is 14.3. The highest BCUT2D eigenvalue weighted by Gasteiger charge is 2.35. The van der Waals surface area contributed by atoms with Crippen LogP contribution >= 0.6 is 0 Å². The Morgan fingerprint density at radius 2 is 1.80 bits per heavy atom. The second kappa shape index (κ2) is 8.81. The van der Waals surface area contributed by atoms with Gasteiger partial charge < -0.3 is 19.3 Å². The van der Waals surface area contributed by atoms with Crippen molar-refractivity contribution in [2.45, 2.75) is 6.54 Å². The van der Waals surface area contributed by atoms with Crippen LogP contribution in [0.2, 0.25) is 0 Å². The number of imide groups is 1. The Labute approximate surface area is 173 Å². The molecule has 1 heterocycles. The zero-order valence-electron chi connectivity index (χ0n) is 17.1. The molecule has 0 radical (unpaired) electrons. The minimum absolute atomic E-state index is 0.0771. The summed E-state index contributed by atoms with van der Waals surface area (Å²) in [4.78, 5) is 51.1. The van der Waals surface area contributed by atoms with Crippen LogP contribution in [-0.2, 0) is 25.7 Å². The van der Waals surface area contributed by atoms with Crippen molar-refractivity contribution < 1.29 is 28.7 Å². The molecule has 9 nitrogen and oxygen atoms in total. The van der Waals surface area contributed by atoms with Gasteiger partial charge in [-0.15, -0.1) is 0 Å². The van der Waals surface area contributed by atoms with E-state index in [4.69, 9.17) is 9.47 Å². The lowest BCUT2D eigenvalue weighted by Gasteiger charge is -2.18. The molecular weight excluding hydrogens is 390 g/mol. The highest BCUT2D eigenvalue weighted by molar-refractivity contribution is 6.04. The third-order valence-corrected chi connectivity index (χ3v) is 4.83. The highest BCUT2D eigenvalue weighted by atomic mass is 16.5. The first-order valence-corrected chi connectivity index (χ1v) is 9.30. The van der Waals surface area contributed by atoms with Gasteiger partial charge in [-0.2, -0.15) is 0 Å². The van der Waals surface area contributed by atoms with Crippen molar-refractivity contribution in [2.24, 2.45) is 0 Å². The number of carbonyl (C=O) groups is 4. The normalized spacial score (nSPS) is 13.7. The number of amides is 4. The molecule has 1 aliphatic rings. The van der Waals surface area contributed by atoms with Gasteiger partial charge in [-0.1, -0.05) is 18.2 Å². The summed E-state index contributed by atoms with van der Waals surface area (Å²) >= 11 is 0. The number of methoxy groups -OCH3 is 1. The first kappa shape index (κ1) is 21.1. The summed E-state index contributed by atoms with van der Waals surface area (Å²) < 4.78 is 10.2. The standard InChI is InChI=1S/C21H23N3O6/c1-22(10-14-4-5-16-9-17(29-3)7-6-15(16)8-14)19(26)13-30-20(27)12-24-18(25)11-23(2)21(24)28/h4-9H,10-13H2,1-3H3. The Morgan fingerprint density at radius 3 is 2.47 bits per heavy atom. The Bertz CT molecular complexity index is 1010. The van der Waals surface area contributed by atoms with Crippen LogP contribution < -0.4 is 4.74 Å². The molecule has 0 spiro atoms. The number of nitrogens with zero attached hydrogens (tertiary/aromatic N) is 3. The summed E-state index contributed by atoms with van der Waals surface area (Å²) in [6.45, 7) is -0.710. The molecule has 158 valence electrons. The van der Waals surface area contributed by atoms with Crippen molar-refractivity contribution >= 4 is 34.6 Å². The molecule has 0 atom stereocenters. The Balaban J connectivity index is 1.52. The third kappa shape index (κ3) is 4.68. The van der Waals surface area contributed by atoms with Crippen LogP contribution in [0.15, 0.2) is 36.4 Å². The Morgan fingerprint density at radius 1 is 1.10 bits per heavy atom. The monoisotopic (exact) mass is 413 g/mol. The van der Waals surface area contributed by atoms with Gasteiger partial charge in [0.05, 0.1) is 7.11 Å². The molecular formula is C21H23N3O6. The first-order valence-electron chi connectivity index (χ1n) is 9.30. The summed E-state index contributed by atoms with van der Waals surface area (Å²) in [6, 6.07) is 11.0. The van der Waals surface area contributed by atoms with E-state index in [1.54, 1.807) is 14.2 Å². The van der Waals surface area contributed by atoms with E-state index in [1.807, 2.05) is 36.4 Å². The second-order valence-electron chi connectivity index (χ2n) is 7.08. The van der Waals surface area contributed by atoms with Crippen LogP contribution in [0.4, 0.5) is 4.79 Å². The van der Waals surface area contributed by atoms with Crippen LogP contribution in [0.5, 0.6) is 5.75 Å². The Hall–Kier alpha value is -3.62. The fourth-order valence-electron chi connectivity index (χ4n) is 3.11. The maximum Gasteiger partial charge on any atom is 0.327 e. The lowest BCUT2D eigenvalue weighted by Crippen LogP contribution is -2.38. The number of rotatable bonds is 7. The van der Waals surface area contributed by atoms with Gasteiger partial charge >= 0.3 is 12.0 Å². The third-order valence-electron chi connectivity index (χ3n) is 4.83. The smallest absolute Gasteiger partial charge is 0.327 e. The summed E-state index contributed by atoms with van der Waals surface area (Å²) in [5, 5.41) is 2.04. The molecule has 2 aromatic carbocycles. The summed E-state index contributed by atoms with van der Waals surface area (Å²) in [6.07, 6.45) is 0. The minimum Gasteiger partial charge on any atom is -0.497 e. The zero-order chi connectivity index (χ0) is 21.8. The van der Waals surface area contributed by atoms with E-state index in [9.17, 15) is 19.2 Å². The lowest BCUT2D eigenvalue weighted by atomic mass is 10.1. The maximum atomic E-state index is 12.3. The number of hydrogen-bond donors (Lipinski definition) is 0. The number of ether oxygens (including phenoxy) is 2. The molecule has 0 N–H and O–H groups in total. The molecule has 4 amide bonds. The van der Waals surface area contributed by atoms with Crippen molar-refractivity contribution in [3.8, 4) is 5.75 Å². The van der Waals surface area contributed by atoms with Gasteiger partial charge in [-0.25, -0.2) is 4.79 Å². The molecule has 3 rings (SSSR count). The van der Waals surface area contributed by atoms with Crippen molar-refractivity contribution in [3.63, 3.8) is 0 Å². The topological polar surface area (TPSA) is 96.5 Å². The molecule has 2 aromatic rings. The predicted octanol–water partition coefficient (Wildman–Crippen LogP) is 1.24. The molecule has 9 heteroatoms. The van der Waals surface area contributed by atoms with Crippen molar-refractivity contribution in [1.82, 2.24) is 14.7 Å². The summed E-state index contributed by atoms with van der Waals surface area (Å²) in [5.74, 6) is -0.909. The molecule has 0 aliphatic carbocycles. The maximum absolute atomic E-state index is 12.3. The molecule has 1 saturated heterocycles. The molecule has 0 bridgehead atoms. The van der Waals surface area contributed by atoms with E-state index in [1.165, 1.54) is 16.8 Å². The summed E-state index contributed by atoms with van der Waals surface area (Å²) in [7, 11) is 4.69. The number of fused-ring (bicyclic) bond motifs is 1.